The largest absolute Gasteiger partial charge is 0.365 e. The Morgan fingerprint density at radius 2 is 2.38 bits per heavy atom. The molecular formula is C10H13N3. The molecule has 0 aliphatic heterocycles. The quantitative estimate of drug-likeness (QED) is 0.708. The number of anilines is 1. The highest BCUT2D eigenvalue weighted by Gasteiger charge is 2.12. The molecule has 13 heavy (non-hydrogen) atoms. The van der Waals surface area contributed by atoms with Gasteiger partial charge in [-0.25, -0.2) is 0 Å². The molecule has 0 amide bonds. The summed E-state index contributed by atoms with van der Waals surface area (Å²) >= 11 is 0. The molecule has 1 aliphatic rings. The molecular weight excluding hydrogens is 162 g/mol. The van der Waals surface area contributed by atoms with E-state index in [1.165, 1.54) is 17.7 Å². The first-order chi connectivity index (χ1) is 6.40. The van der Waals surface area contributed by atoms with E-state index in [1.54, 1.807) is 0 Å². The van der Waals surface area contributed by atoms with Crippen LogP contribution < -0.4 is 5.32 Å². The smallest absolute Gasteiger partial charge is 0.149 e. The molecule has 0 fully saturated rings. The molecule has 3 heteroatoms. The maximum absolute atomic E-state index is 4.17. The zero-order chi connectivity index (χ0) is 9.10. The average Bonchev–Trinajstić information content (AvgIpc) is 2.61. The Labute approximate surface area is 77.9 Å². The monoisotopic (exact) mass is 175 g/mol. The van der Waals surface area contributed by atoms with Gasteiger partial charge in [-0.3, -0.25) is 0 Å². The van der Waals surface area contributed by atoms with Crippen molar-refractivity contribution in [3.63, 3.8) is 0 Å². The number of hydrogen-bond acceptors (Lipinski definition) is 3. The lowest BCUT2D eigenvalue weighted by atomic mass is 10.2. The van der Waals surface area contributed by atoms with Gasteiger partial charge in [0.05, 0.1) is 5.69 Å². The number of aromatic nitrogens is 2. The molecule has 1 N–H and O–H groups in total. The molecule has 0 spiro atoms. The van der Waals surface area contributed by atoms with Crippen LogP contribution in [0.5, 0.6) is 0 Å². The number of nitrogens with zero attached hydrogens (tertiary/aromatic N) is 2. The fourth-order valence-electron chi connectivity index (χ4n) is 1.59. The minimum Gasteiger partial charge on any atom is -0.365 e. The van der Waals surface area contributed by atoms with Gasteiger partial charge in [-0.1, -0.05) is 6.08 Å². The van der Waals surface area contributed by atoms with Gasteiger partial charge in [0.25, 0.3) is 0 Å². The van der Waals surface area contributed by atoms with Crippen molar-refractivity contribution in [2.75, 3.05) is 11.9 Å². The molecule has 0 atom stereocenters. The highest BCUT2D eigenvalue weighted by molar-refractivity contribution is 5.40. The first-order valence-electron chi connectivity index (χ1n) is 4.60. The maximum atomic E-state index is 4.17. The summed E-state index contributed by atoms with van der Waals surface area (Å²) in [5, 5.41) is 11.4. The van der Waals surface area contributed by atoms with E-state index >= 15 is 0 Å². The molecule has 0 saturated carbocycles. The van der Waals surface area contributed by atoms with Crippen LogP contribution in [0.15, 0.2) is 18.7 Å². The van der Waals surface area contributed by atoms with E-state index < -0.39 is 0 Å². The summed E-state index contributed by atoms with van der Waals surface area (Å²) < 4.78 is 0. The summed E-state index contributed by atoms with van der Waals surface area (Å²) in [5.74, 6) is 0.862. The van der Waals surface area contributed by atoms with E-state index in [-0.39, 0.29) is 0 Å². The summed E-state index contributed by atoms with van der Waals surface area (Å²) in [6.07, 6.45) is 5.27. The zero-order valence-corrected chi connectivity index (χ0v) is 7.58. The lowest BCUT2D eigenvalue weighted by molar-refractivity contribution is 0.879. The van der Waals surface area contributed by atoms with Crippen molar-refractivity contribution in [2.45, 2.75) is 19.3 Å². The van der Waals surface area contributed by atoms with E-state index in [1.807, 2.05) is 6.08 Å². The first-order valence-corrected chi connectivity index (χ1v) is 4.60. The first kappa shape index (κ1) is 8.23. The van der Waals surface area contributed by atoms with Gasteiger partial charge in [0, 0.05) is 6.54 Å². The molecule has 0 saturated heterocycles. The topological polar surface area (TPSA) is 37.8 Å². The molecule has 1 aromatic heterocycles. The van der Waals surface area contributed by atoms with Gasteiger partial charge in [0.1, 0.15) is 5.82 Å². The predicted molar refractivity (Wildman–Crippen MR) is 52.7 cm³/mol. The van der Waals surface area contributed by atoms with Crippen LogP contribution >= 0.6 is 0 Å². The molecule has 0 unspecified atom stereocenters. The second-order valence-corrected chi connectivity index (χ2v) is 3.22. The van der Waals surface area contributed by atoms with Crippen LogP contribution in [0, 0.1) is 0 Å². The van der Waals surface area contributed by atoms with E-state index in [4.69, 9.17) is 0 Å². The third kappa shape index (κ3) is 1.69. The summed E-state index contributed by atoms with van der Waals surface area (Å²) in [6, 6.07) is 2.10. The van der Waals surface area contributed by atoms with E-state index in [0.717, 1.165) is 25.2 Å². The lowest BCUT2D eigenvalue weighted by Gasteiger charge is -2.03. The molecule has 0 aromatic carbocycles. The molecule has 3 nitrogen and oxygen atoms in total. The summed E-state index contributed by atoms with van der Waals surface area (Å²) in [4.78, 5) is 0. The number of nitrogens with one attached hydrogen (secondary N) is 1. The van der Waals surface area contributed by atoms with Gasteiger partial charge in [0.2, 0.25) is 0 Å². The van der Waals surface area contributed by atoms with E-state index in [9.17, 15) is 0 Å². The number of aryl methyl sites for hydroxylation is 2. The van der Waals surface area contributed by atoms with E-state index in [2.05, 4.69) is 28.2 Å². The average molecular weight is 175 g/mol. The third-order valence-electron chi connectivity index (χ3n) is 2.25. The summed E-state index contributed by atoms with van der Waals surface area (Å²) in [5.41, 5.74) is 2.52. The molecule has 2 rings (SSSR count). The van der Waals surface area contributed by atoms with Crippen molar-refractivity contribution in [3.8, 4) is 0 Å². The molecule has 1 aromatic rings. The summed E-state index contributed by atoms with van der Waals surface area (Å²) in [7, 11) is 0. The van der Waals surface area contributed by atoms with Gasteiger partial charge in [0.15, 0.2) is 0 Å². The van der Waals surface area contributed by atoms with Crippen molar-refractivity contribution < 1.29 is 0 Å². The normalized spacial score (nSPS) is 13.8. The standard InChI is InChI=1S/C10H13N3/c1-2-6-11-10-7-8-4-3-5-9(8)12-13-10/h2,7H,1,3-6H2,(H,11,13). The van der Waals surface area contributed by atoms with Crippen molar-refractivity contribution >= 4 is 5.82 Å². The third-order valence-corrected chi connectivity index (χ3v) is 2.25. The Hall–Kier alpha value is -1.38. The molecule has 0 radical (unpaired) electrons. The van der Waals surface area contributed by atoms with Crippen molar-refractivity contribution in [2.24, 2.45) is 0 Å². The number of fused-ring (bicyclic) bond motifs is 1. The fourth-order valence-corrected chi connectivity index (χ4v) is 1.59. The van der Waals surface area contributed by atoms with Crippen molar-refractivity contribution in [1.29, 1.82) is 0 Å². The fraction of sp³-hybridized carbons (Fsp3) is 0.400. The zero-order valence-electron chi connectivity index (χ0n) is 7.58. The Bertz CT molecular complexity index is 320. The molecule has 68 valence electrons. The van der Waals surface area contributed by atoms with Crippen LogP contribution in [-0.4, -0.2) is 16.7 Å². The summed E-state index contributed by atoms with van der Waals surface area (Å²) in [6.45, 7) is 4.38. The minimum atomic E-state index is 0.744. The molecule has 1 aliphatic carbocycles. The van der Waals surface area contributed by atoms with Gasteiger partial charge >= 0.3 is 0 Å². The van der Waals surface area contributed by atoms with Crippen molar-refractivity contribution in [3.05, 3.63) is 30.0 Å². The number of rotatable bonds is 3. The van der Waals surface area contributed by atoms with Crippen LogP contribution in [0.1, 0.15) is 17.7 Å². The Kier molecular flexibility index (Phi) is 2.25. The van der Waals surface area contributed by atoms with Crippen molar-refractivity contribution in [1.82, 2.24) is 10.2 Å². The highest BCUT2D eigenvalue weighted by Crippen LogP contribution is 2.20. The van der Waals surface area contributed by atoms with Gasteiger partial charge in [-0.15, -0.1) is 11.7 Å². The second-order valence-electron chi connectivity index (χ2n) is 3.22. The maximum Gasteiger partial charge on any atom is 0.149 e. The second kappa shape index (κ2) is 3.56. The van der Waals surface area contributed by atoms with Crippen LogP contribution in [0.2, 0.25) is 0 Å². The number of hydrogen-bond donors (Lipinski definition) is 1. The lowest BCUT2D eigenvalue weighted by Crippen LogP contribution is -2.03. The van der Waals surface area contributed by atoms with E-state index in [0.29, 0.717) is 0 Å². The predicted octanol–water partition coefficient (Wildman–Crippen LogP) is 1.56. The highest BCUT2D eigenvalue weighted by atomic mass is 15.2. The van der Waals surface area contributed by atoms with Crippen LogP contribution in [0.3, 0.4) is 0 Å². The van der Waals surface area contributed by atoms with Gasteiger partial charge < -0.3 is 5.32 Å². The Morgan fingerprint density at radius 3 is 3.23 bits per heavy atom. The SMILES string of the molecule is C=CCNc1cc2c(nn1)CCC2. The molecule has 1 heterocycles. The molecule has 0 bridgehead atoms. The van der Waals surface area contributed by atoms with Gasteiger partial charge in [-0.2, -0.15) is 5.10 Å². The van der Waals surface area contributed by atoms with Crippen LogP contribution in [0.25, 0.3) is 0 Å². The van der Waals surface area contributed by atoms with Crippen LogP contribution in [0.4, 0.5) is 5.82 Å². The Morgan fingerprint density at radius 1 is 1.46 bits per heavy atom. The Balaban J connectivity index is 2.16. The van der Waals surface area contributed by atoms with Gasteiger partial charge in [-0.05, 0) is 30.9 Å². The van der Waals surface area contributed by atoms with Crippen LogP contribution in [-0.2, 0) is 12.8 Å². The minimum absolute atomic E-state index is 0.744.